The Labute approximate surface area is 121 Å². The van der Waals surface area contributed by atoms with E-state index in [1.807, 2.05) is 30.3 Å². The molecule has 0 amide bonds. The van der Waals surface area contributed by atoms with Crippen molar-refractivity contribution in [2.24, 2.45) is 5.73 Å². The third-order valence-corrected chi connectivity index (χ3v) is 4.39. The molecule has 0 fully saturated rings. The molecule has 0 aliphatic rings. The predicted molar refractivity (Wildman–Crippen MR) is 81.0 cm³/mol. The summed E-state index contributed by atoms with van der Waals surface area (Å²) in [5.74, 6) is 0. The van der Waals surface area contributed by atoms with E-state index in [9.17, 15) is 0 Å². The van der Waals surface area contributed by atoms with E-state index in [0.717, 1.165) is 16.5 Å². The van der Waals surface area contributed by atoms with Crippen LogP contribution < -0.4 is 5.73 Å². The molecule has 94 valence electrons. The van der Waals surface area contributed by atoms with Crippen molar-refractivity contribution in [1.82, 2.24) is 0 Å². The molecule has 0 saturated carbocycles. The second-order valence-electron chi connectivity index (χ2n) is 4.38. The molecule has 1 unspecified atom stereocenters. The van der Waals surface area contributed by atoms with Crippen LogP contribution in [0, 0.1) is 6.92 Å². The van der Waals surface area contributed by atoms with E-state index >= 15 is 0 Å². The minimum Gasteiger partial charge on any atom is -0.324 e. The number of aryl methyl sites for hydroxylation is 1. The lowest BCUT2D eigenvalue weighted by Crippen LogP contribution is -2.14. The van der Waals surface area contributed by atoms with E-state index in [0.29, 0.717) is 5.02 Å². The molecule has 3 heteroatoms. The van der Waals surface area contributed by atoms with Crippen molar-refractivity contribution in [1.29, 1.82) is 0 Å². The summed E-state index contributed by atoms with van der Waals surface area (Å²) >= 11 is 9.69. The largest absolute Gasteiger partial charge is 0.324 e. The highest BCUT2D eigenvalue weighted by atomic mass is 79.9. The summed E-state index contributed by atoms with van der Waals surface area (Å²) in [6.07, 6.45) is 0.794. The molecule has 1 nitrogen and oxygen atoms in total. The average Bonchev–Trinajstić information content (AvgIpc) is 2.35. The van der Waals surface area contributed by atoms with Crippen LogP contribution >= 0.6 is 27.5 Å². The van der Waals surface area contributed by atoms with Gasteiger partial charge in [0.15, 0.2) is 0 Å². The highest BCUT2D eigenvalue weighted by Gasteiger charge is 2.13. The Bertz CT molecular complexity index is 554. The van der Waals surface area contributed by atoms with E-state index in [2.05, 4.69) is 35.0 Å². The lowest BCUT2D eigenvalue weighted by Gasteiger charge is -2.16. The van der Waals surface area contributed by atoms with Crippen LogP contribution in [0.25, 0.3) is 0 Å². The van der Waals surface area contributed by atoms with Gasteiger partial charge in [0, 0.05) is 10.5 Å². The van der Waals surface area contributed by atoms with E-state index in [4.69, 9.17) is 17.3 Å². The van der Waals surface area contributed by atoms with Crippen molar-refractivity contribution in [3.05, 3.63) is 68.7 Å². The molecule has 2 N–H and O–H groups in total. The van der Waals surface area contributed by atoms with Crippen LogP contribution in [0.4, 0.5) is 0 Å². The molecule has 0 heterocycles. The number of hydrogen-bond acceptors (Lipinski definition) is 1. The van der Waals surface area contributed by atoms with Gasteiger partial charge in [-0.1, -0.05) is 48.0 Å². The van der Waals surface area contributed by atoms with Gasteiger partial charge in [-0.15, -0.1) is 0 Å². The SMILES string of the molecule is Cc1ccccc1CC(N)c1cccc(Br)c1Cl. The topological polar surface area (TPSA) is 26.0 Å². The number of hydrogen-bond donors (Lipinski definition) is 1. The molecule has 0 aliphatic heterocycles. The summed E-state index contributed by atoms with van der Waals surface area (Å²) < 4.78 is 0.891. The van der Waals surface area contributed by atoms with Crippen LogP contribution in [-0.4, -0.2) is 0 Å². The summed E-state index contributed by atoms with van der Waals surface area (Å²) in [7, 11) is 0. The van der Waals surface area contributed by atoms with Gasteiger partial charge >= 0.3 is 0 Å². The highest BCUT2D eigenvalue weighted by Crippen LogP contribution is 2.30. The molecule has 2 rings (SSSR count). The van der Waals surface area contributed by atoms with Gasteiger partial charge in [0.05, 0.1) is 5.02 Å². The minimum atomic E-state index is -0.0869. The molecule has 18 heavy (non-hydrogen) atoms. The second kappa shape index (κ2) is 5.87. The van der Waals surface area contributed by atoms with Crippen molar-refractivity contribution in [2.75, 3.05) is 0 Å². The number of benzene rings is 2. The molecule has 0 bridgehead atoms. The lowest BCUT2D eigenvalue weighted by molar-refractivity contribution is 0.718. The van der Waals surface area contributed by atoms with Gasteiger partial charge in [0.2, 0.25) is 0 Å². The molecular formula is C15H15BrClN. The van der Waals surface area contributed by atoms with Gasteiger partial charge < -0.3 is 5.73 Å². The van der Waals surface area contributed by atoms with Crippen molar-refractivity contribution in [2.45, 2.75) is 19.4 Å². The lowest BCUT2D eigenvalue weighted by atomic mass is 9.97. The van der Waals surface area contributed by atoms with Crippen molar-refractivity contribution < 1.29 is 0 Å². The number of halogens is 2. The van der Waals surface area contributed by atoms with Gasteiger partial charge in [-0.2, -0.15) is 0 Å². The monoisotopic (exact) mass is 323 g/mol. The first kappa shape index (κ1) is 13.6. The maximum atomic E-state index is 6.27. The zero-order valence-electron chi connectivity index (χ0n) is 10.2. The third kappa shape index (κ3) is 2.94. The Balaban J connectivity index is 2.25. The Morgan fingerprint density at radius 2 is 1.89 bits per heavy atom. The molecule has 0 saturated heterocycles. The Morgan fingerprint density at radius 1 is 1.17 bits per heavy atom. The summed E-state index contributed by atoms with van der Waals surface area (Å²) in [5.41, 5.74) is 9.77. The molecular weight excluding hydrogens is 310 g/mol. The molecule has 1 atom stereocenters. The zero-order valence-corrected chi connectivity index (χ0v) is 12.5. The maximum Gasteiger partial charge on any atom is 0.0595 e. The molecule has 0 spiro atoms. The third-order valence-electron chi connectivity index (χ3n) is 3.08. The number of rotatable bonds is 3. The fraction of sp³-hybridized carbons (Fsp3) is 0.200. The van der Waals surface area contributed by atoms with Crippen LogP contribution in [-0.2, 0) is 6.42 Å². The first-order valence-electron chi connectivity index (χ1n) is 5.83. The zero-order chi connectivity index (χ0) is 13.1. The molecule has 2 aromatic carbocycles. The molecule has 0 aromatic heterocycles. The quantitative estimate of drug-likeness (QED) is 0.873. The van der Waals surface area contributed by atoms with E-state index in [1.165, 1.54) is 11.1 Å². The van der Waals surface area contributed by atoms with Gasteiger partial charge in [-0.3, -0.25) is 0 Å². The standard InChI is InChI=1S/C15H15BrClN/c1-10-5-2-3-6-11(10)9-14(18)12-7-4-8-13(16)15(12)17/h2-8,14H,9,18H2,1H3. The first-order valence-corrected chi connectivity index (χ1v) is 7.00. The fourth-order valence-corrected chi connectivity index (χ4v) is 2.64. The molecule has 2 aromatic rings. The van der Waals surface area contributed by atoms with Gasteiger partial charge in [0.1, 0.15) is 0 Å². The molecule has 0 aliphatic carbocycles. The summed E-state index contributed by atoms with van der Waals surface area (Å²) in [6.45, 7) is 2.10. The predicted octanol–water partition coefficient (Wildman–Crippen LogP) is 4.65. The van der Waals surface area contributed by atoms with Crippen LogP contribution in [0.1, 0.15) is 22.7 Å². The van der Waals surface area contributed by atoms with Crippen LogP contribution in [0.3, 0.4) is 0 Å². The van der Waals surface area contributed by atoms with Crippen molar-refractivity contribution >= 4 is 27.5 Å². The Hall–Kier alpha value is -0.830. The van der Waals surface area contributed by atoms with Gasteiger partial charge in [0.25, 0.3) is 0 Å². The maximum absolute atomic E-state index is 6.27. The highest BCUT2D eigenvalue weighted by molar-refractivity contribution is 9.10. The summed E-state index contributed by atoms with van der Waals surface area (Å²) in [4.78, 5) is 0. The van der Waals surface area contributed by atoms with Gasteiger partial charge in [-0.05, 0) is 52.0 Å². The number of nitrogens with two attached hydrogens (primary N) is 1. The molecule has 0 radical (unpaired) electrons. The summed E-state index contributed by atoms with van der Waals surface area (Å²) in [5, 5.41) is 0.707. The Morgan fingerprint density at radius 3 is 2.61 bits per heavy atom. The van der Waals surface area contributed by atoms with Gasteiger partial charge in [-0.25, -0.2) is 0 Å². The van der Waals surface area contributed by atoms with Crippen molar-refractivity contribution in [3.63, 3.8) is 0 Å². The van der Waals surface area contributed by atoms with E-state index in [1.54, 1.807) is 0 Å². The fourth-order valence-electron chi connectivity index (χ4n) is 1.99. The average molecular weight is 325 g/mol. The normalized spacial score (nSPS) is 12.4. The Kier molecular flexibility index (Phi) is 4.44. The van der Waals surface area contributed by atoms with E-state index in [-0.39, 0.29) is 6.04 Å². The van der Waals surface area contributed by atoms with Crippen LogP contribution in [0.15, 0.2) is 46.9 Å². The summed E-state index contributed by atoms with van der Waals surface area (Å²) in [6, 6.07) is 14.1. The van der Waals surface area contributed by atoms with E-state index < -0.39 is 0 Å². The minimum absolute atomic E-state index is 0.0869. The smallest absolute Gasteiger partial charge is 0.0595 e. The first-order chi connectivity index (χ1) is 8.59. The van der Waals surface area contributed by atoms with Crippen LogP contribution in [0.2, 0.25) is 5.02 Å². The van der Waals surface area contributed by atoms with Crippen LogP contribution in [0.5, 0.6) is 0 Å². The second-order valence-corrected chi connectivity index (χ2v) is 5.61. The van der Waals surface area contributed by atoms with Crippen molar-refractivity contribution in [3.8, 4) is 0 Å².